The van der Waals surface area contributed by atoms with Crippen molar-refractivity contribution in [2.24, 2.45) is 50.7 Å². The van der Waals surface area contributed by atoms with E-state index in [0.717, 1.165) is 45.4 Å². The Kier molecular flexibility index (Phi) is 47.7. The van der Waals surface area contributed by atoms with E-state index in [4.69, 9.17) is 22.9 Å². The molecule has 13 atom stereocenters. The van der Waals surface area contributed by atoms with Crippen LogP contribution in [0.5, 0.6) is 5.75 Å². The number of nitrogens with two attached hydrogens (primary N) is 4. The highest BCUT2D eigenvalue weighted by molar-refractivity contribution is 5.99. The second kappa shape index (κ2) is 52.8. The van der Waals surface area contributed by atoms with Crippen molar-refractivity contribution in [3.8, 4) is 5.75 Å². The third kappa shape index (κ3) is 39.4. The molecule has 0 saturated carbocycles. The van der Waals surface area contributed by atoms with Gasteiger partial charge in [-0.15, -0.1) is 0 Å². The third-order valence-electron chi connectivity index (χ3n) is 17.8. The topological polar surface area (TPSA) is 526 Å². The molecule has 22 N–H and O–H groups in total. The smallest absolute Gasteiger partial charge is 0.305 e. The van der Waals surface area contributed by atoms with Crippen LogP contribution in [0.25, 0.3) is 0 Å². The molecule has 1 aromatic rings. The number of aliphatic carboxylic acids is 1. The molecule has 0 fully saturated rings. The van der Waals surface area contributed by atoms with Gasteiger partial charge in [0.1, 0.15) is 60.1 Å². The summed E-state index contributed by atoms with van der Waals surface area (Å²) in [5, 5.41) is 74.5. The summed E-state index contributed by atoms with van der Waals surface area (Å²) in [4.78, 5) is 161. The van der Waals surface area contributed by atoms with Crippen LogP contribution in [0.4, 0.5) is 0 Å². The number of nitrogens with zero attached hydrogens (tertiary/aromatic N) is 2. The van der Waals surface area contributed by atoms with Gasteiger partial charge in [-0.2, -0.15) is 0 Å². The Labute approximate surface area is 608 Å². The van der Waals surface area contributed by atoms with Gasteiger partial charge in [0.05, 0.1) is 36.9 Å². The number of nitrogens with one attached hydrogen (secondary N) is 9. The van der Waals surface area contributed by atoms with Gasteiger partial charge in [0, 0.05) is 37.8 Å². The fourth-order valence-electron chi connectivity index (χ4n) is 10.9. The number of unbranched alkanes of at least 4 members (excludes halogenated alkanes) is 13. The lowest BCUT2D eigenvalue weighted by molar-refractivity contribution is -0.142. The second-order valence-electron chi connectivity index (χ2n) is 27.4. The number of carboxylic acids is 1. The summed E-state index contributed by atoms with van der Waals surface area (Å²) in [6.07, 6.45) is 12.2. The summed E-state index contributed by atoms with van der Waals surface area (Å²) in [7, 11) is 0. The van der Waals surface area contributed by atoms with Gasteiger partial charge < -0.3 is 96.3 Å². The van der Waals surface area contributed by atoms with E-state index in [1.807, 2.05) is 27.7 Å². The SMILES string of the molecule is CCCCCCCCCCCCCCCC(=O)NC(C(=O)NC(Cc1ccc(O)cc1)C(=O)NC(CO)C(=O)NC(C(=O)NC(CC(=O)O)C(=O)NC(CCCN=C(N)C(C)CC)C(=O)NC(CC(C)C)C(=O)NC(CCCN=C(N)C(C)CC)C(=O)NC(CCCCN)C(N)=O)C(C)O)C(C)O. The van der Waals surface area contributed by atoms with Gasteiger partial charge in [-0.25, -0.2) is 0 Å². The Morgan fingerprint density at radius 3 is 1.27 bits per heavy atom. The number of carbonyl (C=O) groups excluding carboxylic acids is 10. The van der Waals surface area contributed by atoms with Crippen molar-refractivity contribution in [2.75, 3.05) is 26.2 Å². The van der Waals surface area contributed by atoms with E-state index in [1.54, 1.807) is 13.8 Å². The van der Waals surface area contributed by atoms with Crippen molar-refractivity contribution < 1.29 is 78.3 Å². The molecule has 0 aromatic heterocycles. The summed E-state index contributed by atoms with van der Waals surface area (Å²) in [6.45, 7) is 15.1. The van der Waals surface area contributed by atoms with Crippen LogP contribution in [-0.4, -0.2) is 195 Å². The monoisotopic (exact) mass is 1460 g/mol. The Morgan fingerprint density at radius 1 is 0.447 bits per heavy atom. The second-order valence-corrected chi connectivity index (χ2v) is 27.4. The van der Waals surface area contributed by atoms with Crippen molar-refractivity contribution in [1.82, 2.24) is 47.9 Å². The van der Waals surface area contributed by atoms with Crippen molar-refractivity contribution >= 4 is 76.7 Å². The number of rotatable bonds is 57. The maximum atomic E-state index is 14.6. The number of phenolic OH excluding ortho intramolecular Hbond substituents is 1. The molecule has 0 aliphatic carbocycles. The zero-order valence-corrected chi connectivity index (χ0v) is 62.5. The summed E-state index contributed by atoms with van der Waals surface area (Å²) in [6, 6.07) is -9.00. The third-order valence-corrected chi connectivity index (χ3v) is 17.8. The number of aliphatic hydroxyl groups excluding tert-OH is 3. The number of phenols is 1. The number of primary amides is 1. The number of amidine groups is 2. The molecule has 10 amide bonds. The molecule has 103 heavy (non-hydrogen) atoms. The number of aliphatic imine (C=N–C) groups is 2. The van der Waals surface area contributed by atoms with Gasteiger partial charge in [0.15, 0.2) is 0 Å². The minimum absolute atomic E-state index is 0.000333. The van der Waals surface area contributed by atoms with Crippen molar-refractivity contribution in [3.05, 3.63) is 29.8 Å². The molecule has 0 saturated heterocycles. The van der Waals surface area contributed by atoms with Gasteiger partial charge >= 0.3 is 5.97 Å². The standard InChI is InChI=1S/C72H127N15O16/c1-10-13-14-15-16-17-18-19-20-21-22-23-24-32-58(92)86-60(47(8)89)71(102)83-55(41-49-33-35-50(91)36-34-49)68(99)85-57(43-88)70(101)87-61(48(9)90)72(103)84-56(42-59(93)94)69(100)81-53(31-28-39-78-63(75)46(7)12-3)66(97)82-54(40-44(4)5)67(98)80-52(30-27-38-77-62(74)45(6)11-2)65(96)79-51(64(76)95)29-25-26-37-73/h33-36,44-48,51-57,60-61,88-91H,10-32,37-43,73H2,1-9H3,(H2,74,77)(H2,75,78)(H2,76,95)(H,79,96)(H,80,98)(H,81,100)(H,82,97)(H,83,102)(H,84,103)(H,85,99)(H,86,92)(H,87,101)(H,93,94). The van der Waals surface area contributed by atoms with Crippen LogP contribution in [-0.2, 0) is 59.2 Å². The Balaban J connectivity index is 3.55. The summed E-state index contributed by atoms with van der Waals surface area (Å²) >= 11 is 0. The Bertz CT molecular complexity index is 2810. The molecule has 0 heterocycles. The molecule has 13 unspecified atom stereocenters. The van der Waals surface area contributed by atoms with Crippen LogP contribution in [0, 0.1) is 17.8 Å². The molecule has 1 aromatic carbocycles. The predicted molar refractivity (Wildman–Crippen MR) is 394 cm³/mol. The summed E-state index contributed by atoms with van der Waals surface area (Å²) in [5.74, 6) is -11.3. The number of carbonyl (C=O) groups is 11. The number of amides is 10. The van der Waals surface area contributed by atoms with Crippen LogP contribution in [0.1, 0.15) is 228 Å². The van der Waals surface area contributed by atoms with E-state index in [-0.39, 0.29) is 88.0 Å². The first kappa shape index (κ1) is 93.0. The highest BCUT2D eigenvalue weighted by Crippen LogP contribution is 2.17. The zero-order chi connectivity index (χ0) is 77.6. The molecule has 0 bridgehead atoms. The van der Waals surface area contributed by atoms with E-state index in [0.29, 0.717) is 49.5 Å². The molecule has 0 aliphatic rings. The molecule has 31 nitrogen and oxygen atoms in total. The van der Waals surface area contributed by atoms with E-state index >= 15 is 0 Å². The van der Waals surface area contributed by atoms with Crippen LogP contribution in [0.3, 0.4) is 0 Å². The van der Waals surface area contributed by atoms with E-state index < -0.39 is 145 Å². The fraction of sp³-hybridized carbons (Fsp3) is 0.736. The highest BCUT2D eigenvalue weighted by Gasteiger charge is 2.38. The zero-order valence-electron chi connectivity index (χ0n) is 62.5. The minimum atomic E-state index is -2.04. The molecular formula is C72H127N15O16. The van der Waals surface area contributed by atoms with Crippen LogP contribution >= 0.6 is 0 Å². The van der Waals surface area contributed by atoms with Gasteiger partial charge in [-0.1, -0.05) is 138 Å². The van der Waals surface area contributed by atoms with E-state index in [1.165, 1.54) is 76.1 Å². The first-order valence-electron chi connectivity index (χ1n) is 37.1. The van der Waals surface area contributed by atoms with Gasteiger partial charge in [0.2, 0.25) is 59.1 Å². The van der Waals surface area contributed by atoms with Crippen LogP contribution in [0.15, 0.2) is 34.3 Å². The maximum absolute atomic E-state index is 14.6. The first-order valence-corrected chi connectivity index (χ1v) is 37.1. The van der Waals surface area contributed by atoms with E-state index in [9.17, 15) is 78.3 Å². The quantitative estimate of drug-likeness (QED) is 0.0252. The molecule has 0 radical (unpaired) electrons. The number of carboxylic acid groups (broad SMARTS) is 1. The van der Waals surface area contributed by atoms with Crippen LogP contribution in [0.2, 0.25) is 0 Å². The lowest BCUT2D eigenvalue weighted by atomic mass is 10.0. The average Bonchev–Trinajstić information content (AvgIpc) is 0.857. The fourth-order valence-corrected chi connectivity index (χ4v) is 10.9. The molecule has 0 spiro atoms. The highest BCUT2D eigenvalue weighted by atomic mass is 16.4. The number of aromatic hydroxyl groups is 1. The minimum Gasteiger partial charge on any atom is -0.508 e. The largest absolute Gasteiger partial charge is 0.508 e. The molecule has 31 heteroatoms. The Hall–Kier alpha value is -8.03. The van der Waals surface area contributed by atoms with Crippen LogP contribution < -0.4 is 70.8 Å². The summed E-state index contributed by atoms with van der Waals surface area (Å²) < 4.78 is 0. The molecule has 1 rings (SSSR count). The van der Waals surface area contributed by atoms with Gasteiger partial charge in [-0.3, -0.25) is 62.7 Å². The number of aliphatic hydroxyl groups is 3. The van der Waals surface area contributed by atoms with Crippen molar-refractivity contribution in [2.45, 2.75) is 296 Å². The van der Waals surface area contributed by atoms with Gasteiger partial charge in [0.25, 0.3) is 0 Å². The average molecular weight is 1460 g/mol. The molecular weight excluding hydrogens is 1330 g/mol. The summed E-state index contributed by atoms with van der Waals surface area (Å²) in [5.41, 5.74) is 24.0. The number of benzene rings is 1. The predicted octanol–water partition coefficient (Wildman–Crippen LogP) is 2.04. The Morgan fingerprint density at radius 2 is 0.835 bits per heavy atom. The lowest BCUT2D eigenvalue weighted by Gasteiger charge is -2.29. The first-order chi connectivity index (χ1) is 48.8. The van der Waals surface area contributed by atoms with Crippen molar-refractivity contribution in [3.63, 3.8) is 0 Å². The molecule has 0 aliphatic heterocycles. The van der Waals surface area contributed by atoms with Crippen molar-refractivity contribution in [1.29, 1.82) is 0 Å². The van der Waals surface area contributed by atoms with Gasteiger partial charge in [-0.05, 0) is 115 Å². The number of hydrogen-bond donors (Lipinski definition) is 18. The normalized spacial score (nSPS) is 15.6. The van der Waals surface area contributed by atoms with E-state index in [2.05, 4.69) is 64.8 Å². The molecule has 586 valence electrons. The maximum Gasteiger partial charge on any atom is 0.305 e. The lowest BCUT2D eigenvalue weighted by Crippen LogP contribution is -2.63. The number of hydrogen-bond acceptors (Lipinski definition) is 18.